The topological polar surface area (TPSA) is 50.9 Å². The second kappa shape index (κ2) is 18.6. The van der Waals surface area contributed by atoms with Crippen LogP contribution in [-0.2, 0) is 16.2 Å². The summed E-state index contributed by atoms with van der Waals surface area (Å²) in [7, 11) is 0. The minimum atomic E-state index is -3.84. The zero-order valence-corrected chi connectivity index (χ0v) is 42.1. The second-order valence-electron chi connectivity index (χ2n) is 21.4. The maximum Gasteiger partial charge on any atom is 0.149 e. The van der Waals surface area contributed by atoms with E-state index in [0.29, 0.717) is 50.4 Å². The summed E-state index contributed by atoms with van der Waals surface area (Å²) in [4.78, 5) is 10.2. The van der Waals surface area contributed by atoms with Crippen molar-refractivity contribution in [1.29, 1.82) is 0 Å². The van der Waals surface area contributed by atoms with E-state index in [2.05, 4.69) is 73.6 Å². The van der Waals surface area contributed by atoms with E-state index >= 15 is 0 Å². The molecule has 7 aromatic carbocycles. The molecule has 0 saturated heterocycles. The zero-order valence-electron chi connectivity index (χ0n) is 58.1. The molecule has 2 heterocycles. The molecule has 1 N–H and O–H groups in total. The predicted molar refractivity (Wildman–Crippen MR) is 302 cm³/mol. The number of nitrogens with zero attached hydrogens (tertiary/aromatic N) is 3. The standard InChI is InChI=1S/C67H71N3O/c1-41(2)48-37-57(42(3)4)63(71)58(38-48)64-69-62-56(21-18-22-61(62)70(64)60-28-25-46(31-43(60)5)50-35-54(66(9,10)11)40-55(36-50)67(12,13)14)51-32-49(44-19-16-15-17-20-44)33-52(34-51)59-39-47(29-30-68-59)45-23-26-53(27-24-45)65(6,7)8/h15-42,71H,1-14H3/i5D3,6D3,7D3,8D3,23D,24D,26D,27D. The summed E-state index contributed by atoms with van der Waals surface area (Å²) >= 11 is 0. The summed E-state index contributed by atoms with van der Waals surface area (Å²) in [5, 5.41) is 12.5. The van der Waals surface area contributed by atoms with E-state index in [4.69, 9.17) is 25.0 Å². The van der Waals surface area contributed by atoms with Gasteiger partial charge < -0.3 is 5.11 Å². The first-order valence-electron chi connectivity index (χ1n) is 32.2. The second-order valence-corrected chi connectivity index (χ2v) is 21.4. The number of hydrogen-bond donors (Lipinski definition) is 1. The quantitative estimate of drug-likeness (QED) is 0.157. The first-order valence-corrected chi connectivity index (χ1v) is 24.2. The summed E-state index contributed by atoms with van der Waals surface area (Å²) in [6.07, 6.45) is 1.40. The lowest BCUT2D eigenvalue weighted by Crippen LogP contribution is -2.16. The summed E-state index contributed by atoms with van der Waals surface area (Å²) < 4.78 is 141. The number of imidazole rings is 1. The van der Waals surface area contributed by atoms with Crippen LogP contribution < -0.4 is 0 Å². The summed E-state index contributed by atoms with van der Waals surface area (Å²) in [5.41, 5.74) is 5.09. The molecule has 4 heteroatoms. The fourth-order valence-electron chi connectivity index (χ4n) is 9.07. The highest BCUT2D eigenvalue weighted by Gasteiger charge is 2.26. The number of rotatable bonds is 9. The Bertz CT molecular complexity index is 4040. The number of fused-ring (bicyclic) bond motifs is 1. The maximum absolute atomic E-state index is 12.5. The lowest BCUT2D eigenvalue weighted by atomic mass is 9.79. The van der Waals surface area contributed by atoms with E-state index in [-0.39, 0.29) is 50.8 Å². The molecule has 0 aliphatic rings. The van der Waals surface area contributed by atoms with Crippen molar-refractivity contribution >= 4 is 11.0 Å². The van der Waals surface area contributed by atoms with Gasteiger partial charge in [-0.05, 0) is 162 Å². The van der Waals surface area contributed by atoms with Gasteiger partial charge in [0.15, 0.2) is 0 Å². The maximum atomic E-state index is 12.5. The van der Waals surface area contributed by atoms with E-state index in [1.165, 1.54) is 18.3 Å². The van der Waals surface area contributed by atoms with Crippen LogP contribution in [0.3, 0.4) is 0 Å². The fourth-order valence-corrected chi connectivity index (χ4v) is 9.07. The number of aryl methyl sites for hydroxylation is 1. The van der Waals surface area contributed by atoms with Crippen LogP contribution in [0.4, 0.5) is 0 Å². The van der Waals surface area contributed by atoms with E-state index in [1.807, 2.05) is 109 Å². The Morgan fingerprint density at radius 2 is 1.20 bits per heavy atom. The zero-order chi connectivity index (χ0) is 64.2. The minimum Gasteiger partial charge on any atom is -0.507 e. The van der Waals surface area contributed by atoms with E-state index in [1.54, 1.807) is 6.07 Å². The van der Waals surface area contributed by atoms with Crippen LogP contribution >= 0.6 is 0 Å². The lowest BCUT2D eigenvalue weighted by molar-refractivity contribution is 0.466. The highest BCUT2D eigenvalue weighted by molar-refractivity contribution is 5.98. The molecule has 0 atom stereocenters. The van der Waals surface area contributed by atoms with Crippen LogP contribution in [0.2, 0.25) is 0 Å². The van der Waals surface area contributed by atoms with Crippen LogP contribution in [0.25, 0.3) is 83.9 Å². The number of aromatic nitrogens is 3. The van der Waals surface area contributed by atoms with Gasteiger partial charge in [-0.25, -0.2) is 4.98 Å². The number of aromatic hydroxyl groups is 1. The smallest absolute Gasteiger partial charge is 0.149 e. The van der Waals surface area contributed by atoms with Crippen molar-refractivity contribution in [3.8, 4) is 78.6 Å². The SMILES string of the molecule is [2H]c1c([2H])c(C(C([2H])([2H])[2H])(C([2H])([2H])[2H])C([2H])([2H])[2H])c([2H])c([2H])c1-c1ccnc(-c2cc(-c3ccccc3)cc(-c3cccc4c3nc(-c3cc(C(C)C)cc(C(C)C)c3O)n4-c3ccc(-c4cc(C(C)(C)C)cc(C(C)(C)C)c4)cc3C([2H])([2H])[2H])c2)c1. The monoisotopic (exact) mass is 950 g/mol. The van der Waals surface area contributed by atoms with Gasteiger partial charge in [0.1, 0.15) is 11.6 Å². The Kier molecular flexibility index (Phi) is 8.59. The molecule has 0 saturated carbocycles. The predicted octanol–water partition coefficient (Wildman–Crippen LogP) is 18.6. The van der Waals surface area contributed by atoms with Gasteiger partial charge in [-0.3, -0.25) is 9.55 Å². The number of para-hydroxylation sites is 1. The van der Waals surface area contributed by atoms with Crippen molar-refractivity contribution in [2.45, 2.75) is 125 Å². The molecule has 4 nitrogen and oxygen atoms in total. The molecule has 71 heavy (non-hydrogen) atoms. The Morgan fingerprint density at radius 3 is 1.85 bits per heavy atom. The first-order chi connectivity index (χ1) is 40.2. The molecular weight excluding hydrogens is 863 g/mol. The minimum absolute atomic E-state index is 0.00938. The summed E-state index contributed by atoms with van der Waals surface area (Å²) in [5.74, 6) is 0.242. The molecule has 0 unspecified atom stereocenters. The number of hydrogen-bond acceptors (Lipinski definition) is 3. The summed E-state index contributed by atoms with van der Waals surface area (Å²) in [6, 6.07) is 35.8. The van der Waals surface area contributed by atoms with Crippen LogP contribution in [0.1, 0.15) is 157 Å². The van der Waals surface area contributed by atoms with Gasteiger partial charge in [0.25, 0.3) is 0 Å². The van der Waals surface area contributed by atoms with Crippen LogP contribution in [-0.4, -0.2) is 19.6 Å². The molecule has 0 spiro atoms. The van der Waals surface area contributed by atoms with Crippen molar-refractivity contribution in [2.75, 3.05) is 0 Å². The van der Waals surface area contributed by atoms with Crippen molar-refractivity contribution < 1.29 is 27.0 Å². The molecule has 0 fully saturated rings. The molecule has 0 aliphatic carbocycles. The van der Waals surface area contributed by atoms with Crippen LogP contribution in [0.15, 0.2) is 158 Å². The lowest BCUT2D eigenvalue weighted by Gasteiger charge is -2.26. The van der Waals surface area contributed by atoms with E-state index in [9.17, 15) is 12.0 Å². The van der Waals surface area contributed by atoms with Gasteiger partial charge in [0.05, 0.1) is 33.5 Å². The molecule has 9 rings (SSSR count). The highest BCUT2D eigenvalue weighted by atomic mass is 16.3. The van der Waals surface area contributed by atoms with Gasteiger partial charge in [-0.1, -0.05) is 187 Å². The molecule has 2 aromatic heterocycles. The van der Waals surface area contributed by atoms with E-state index in [0.717, 1.165) is 38.9 Å². The Hall–Kier alpha value is -7.04. The van der Waals surface area contributed by atoms with Crippen LogP contribution in [0, 0.1) is 6.85 Å². The molecule has 9 aromatic rings. The van der Waals surface area contributed by atoms with Gasteiger partial charge in [0.2, 0.25) is 0 Å². The molecule has 360 valence electrons. The third kappa shape index (κ3) is 9.87. The average molecular weight is 950 g/mol. The van der Waals surface area contributed by atoms with Gasteiger partial charge in [-0.15, -0.1) is 0 Å². The first kappa shape index (κ1) is 32.8. The third-order valence-electron chi connectivity index (χ3n) is 13.3. The molecule has 0 aliphatic heterocycles. The number of benzene rings is 7. The van der Waals surface area contributed by atoms with Crippen LogP contribution in [0.5, 0.6) is 5.75 Å². The van der Waals surface area contributed by atoms with Gasteiger partial charge in [0, 0.05) is 33.8 Å². The normalized spacial score (nSPS) is 16.4. The molecule has 0 radical (unpaired) electrons. The summed E-state index contributed by atoms with van der Waals surface area (Å²) in [6.45, 7) is 6.90. The van der Waals surface area contributed by atoms with Crippen molar-refractivity contribution in [3.63, 3.8) is 0 Å². The Labute approximate surface area is 446 Å². The van der Waals surface area contributed by atoms with Crippen molar-refractivity contribution in [1.82, 2.24) is 14.5 Å². The Balaban J connectivity index is 1.32. The molecule has 0 bridgehead atoms. The van der Waals surface area contributed by atoms with E-state index < -0.39 is 62.6 Å². The van der Waals surface area contributed by atoms with Gasteiger partial charge >= 0.3 is 0 Å². The Morgan fingerprint density at radius 1 is 0.535 bits per heavy atom. The number of phenols is 1. The third-order valence-corrected chi connectivity index (χ3v) is 13.3. The number of pyridine rings is 1. The highest BCUT2D eigenvalue weighted by Crippen LogP contribution is 2.44. The largest absolute Gasteiger partial charge is 0.507 e. The average Bonchev–Trinajstić information content (AvgIpc) is 1.19. The fraction of sp³-hybridized carbons (Fsp3) is 0.284. The van der Waals surface area contributed by atoms with Crippen molar-refractivity contribution in [2.24, 2.45) is 0 Å². The molecular formula is C67H71N3O. The van der Waals surface area contributed by atoms with Gasteiger partial charge in [-0.2, -0.15) is 0 Å². The number of phenolic OH excluding ortho intramolecular Hbond substituents is 1. The molecule has 0 amide bonds. The van der Waals surface area contributed by atoms with Crippen molar-refractivity contribution in [3.05, 3.63) is 191 Å².